The molecule has 44 heavy (non-hydrogen) atoms. The maximum atomic E-state index is 12.5. The van der Waals surface area contributed by atoms with E-state index in [9.17, 15) is 9.90 Å². The van der Waals surface area contributed by atoms with Crippen molar-refractivity contribution in [3.05, 3.63) is 0 Å². The Bertz CT molecular complexity index is 1130. The first-order valence-electron chi connectivity index (χ1n) is 18.0. The molecule has 0 aromatic rings. The first-order chi connectivity index (χ1) is 20.8. The van der Waals surface area contributed by atoms with Crippen LogP contribution >= 0.6 is 0 Å². The van der Waals surface area contributed by atoms with Gasteiger partial charge in [-0.05, 0) is 103 Å². The topological polar surface area (TPSA) is 98.3 Å². The molecule has 8 heteroatoms. The van der Waals surface area contributed by atoms with Gasteiger partial charge in [0.1, 0.15) is 6.10 Å². The van der Waals surface area contributed by atoms with E-state index >= 15 is 0 Å². The van der Waals surface area contributed by atoms with E-state index in [0.717, 1.165) is 39.0 Å². The van der Waals surface area contributed by atoms with Crippen molar-refractivity contribution >= 4 is 6.09 Å². The molecular formula is C36H60N2O6. The van der Waals surface area contributed by atoms with Crippen molar-refractivity contribution < 1.29 is 28.8 Å². The molecule has 2 aliphatic heterocycles. The normalized spacial score (nSPS) is 52.9. The minimum Gasteiger partial charge on any atom is -0.443 e. The molecular weight excluding hydrogens is 556 g/mol. The Balaban J connectivity index is 1.15. The first-order valence-corrected chi connectivity index (χ1v) is 18.0. The second kappa shape index (κ2) is 10.5. The van der Waals surface area contributed by atoms with Gasteiger partial charge in [-0.1, -0.05) is 48.5 Å². The summed E-state index contributed by atoms with van der Waals surface area (Å²) in [4.78, 5) is 12.3. The SMILES string of the molecule is CNC(=O)O[C@H](C(C)C)[C@H]1C[C@@H](C)[C@H]2[C@H](O1)[C@H](O)[C@@]1(C)[C@@H]3CC[C@H]4C(C)(C)C(O[C@H]5CNCCO5)CC[C@@]45C[C@@]35CC[C@]21C. The molecule has 2 spiro atoms. The Morgan fingerprint density at radius 1 is 1.05 bits per heavy atom. The maximum Gasteiger partial charge on any atom is 0.407 e. The van der Waals surface area contributed by atoms with E-state index in [1.165, 1.54) is 32.1 Å². The number of aliphatic hydroxyl groups excluding tert-OH is 1. The maximum absolute atomic E-state index is 12.5. The van der Waals surface area contributed by atoms with Crippen LogP contribution in [0.2, 0.25) is 0 Å². The molecule has 2 heterocycles. The summed E-state index contributed by atoms with van der Waals surface area (Å²) in [5.41, 5.74) is 0.590. The lowest BCUT2D eigenvalue weighted by Crippen LogP contribution is -2.60. The van der Waals surface area contributed by atoms with Crippen molar-refractivity contribution in [3.63, 3.8) is 0 Å². The Morgan fingerprint density at radius 3 is 2.45 bits per heavy atom. The number of nitrogens with one attached hydrogen (secondary N) is 2. The predicted octanol–water partition coefficient (Wildman–Crippen LogP) is 5.51. The third-order valence-corrected chi connectivity index (χ3v) is 15.4. The van der Waals surface area contributed by atoms with Crippen molar-refractivity contribution in [1.29, 1.82) is 0 Å². The number of hydrogen-bond donors (Lipinski definition) is 3. The van der Waals surface area contributed by atoms with E-state index in [2.05, 4.69) is 59.1 Å². The second-order valence-electron chi connectivity index (χ2n) is 17.5. The summed E-state index contributed by atoms with van der Waals surface area (Å²) in [6.45, 7) is 18.9. The Kier molecular flexibility index (Phi) is 7.58. The van der Waals surface area contributed by atoms with Crippen LogP contribution in [0, 0.1) is 56.7 Å². The number of hydrogen-bond acceptors (Lipinski definition) is 7. The van der Waals surface area contributed by atoms with E-state index in [1.54, 1.807) is 7.05 Å². The van der Waals surface area contributed by atoms with Gasteiger partial charge >= 0.3 is 6.09 Å². The highest BCUT2D eigenvalue weighted by Crippen LogP contribution is 2.89. The van der Waals surface area contributed by atoms with Gasteiger partial charge in [0.2, 0.25) is 0 Å². The zero-order chi connectivity index (χ0) is 31.4. The van der Waals surface area contributed by atoms with E-state index in [1.807, 2.05) is 0 Å². The van der Waals surface area contributed by atoms with E-state index in [0.29, 0.717) is 34.5 Å². The average molecular weight is 617 g/mol. The molecule has 1 unspecified atom stereocenters. The van der Waals surface area contributed by atoms with Gasteiger partial charge in [0.05, 0.1) is 31.0 Å². The number of carbonyl (C=O) groups is 1. The molecule has 2 saturated heterocycles. The van der Waals surface area contributed by atoms with Gasteiger partial charge in [-0.2, -0.15) is 0 Å². The average Bonchev–Trinajstić information content (AvgIpc) is 3.62. The number of fused-ring (bicyclic) bond motifs is 4. The lowest BCUT2D eigenvalue weighted by Gasteiger charge is -2.63. The third kappa shape index (κ3) is 4.08. The molecule has 5 aliphatic carbocycles. The van der Waals surface area contributed by atoms with Crippen LogP contribution in [0.15, 0.2) is 0 Å². The van der Waals surface area contributed by atoms with Gasteiger partial charge in [-0.15, -0.1) is 0 Å². The zero-order valence-corrected chi connectivity index (χ0v) is 28.6. The van der Waals surface area contributed by atoms with Crippen molar-refractivity contribution in [3.8, 4) is 0 Å². The fourth-order valence-corrected chi connectivity index (χ4v) is 13.4. The fourth-order valence-electron chi connectivity index (χ4n) is 13.4. The zero-order valence-electron chi connectivity index (χ0n) is 28.6. The number of amides is 1. The van der Waals surface area contributed by atoms with Crippen LogP contribution in [0.5, 0.6) is 0 Å². The van der Waals surface area contributed by atoms with Crippen molar-refractivity contribution in [2.24, 2.45) is 56.7 Å². The Morgan fingerprint density at radius 2 is 1.77 bits per heavy atom. The van der Waals surface area contributed by atoms with Crippen LogP contribution in [0.3, 0.4) is 0 Å². The molecule has 3 N–H and O–H groups in total. The van der Waals surface area contributed by atoms with Crippen LogP contribution in [0.1, 0.15) is 99.8 Å². The summed E-state index contributed by atoms with van der Waals surface area (Å²) in [5.74, 6) is 1.96. The smallest absolute Gasteiger partial charge is 0.407 e. The van der Waals surface area contributed by atoms with Crippen LogP contribution in [0.25, 0.3) is 0 Å². The van der Waals surface area contributed by atoms with Gasteiger partial charge in [0, 0.05) is 25.6 Å². The minimum atomic E-state index is -0.518. The van der Waals surface area contributed by atoms with E-state index in [4.69, 9.17) is 18.9 Å². The number of rotatable bonds is 5. The quantitative estimate of drug-likeness (QED) is 0.375. The second-order valence-corrected chi connectivity index (χ2v) is 17.5. The third-order valence-electron chi connectivity index (χ3n) is 15.4. The van der Waals surface area contributed by atoms with Gasteiger partial charge in [0.15, 0.2) is 6.29 Å². The van der Waals surface area contributed by atoms with Crippen LogP contribution < -0.4 is 10.6 Å². The van der Waals surface area contributed by atoms with Crippen molar-refractivity contribution in [1.82, 2.24) is 10.6 Å². The summed E-state index contributed by atoms with van der Waals surface area (Å²) in [6, 6.07) is 0. The molecule has 1 amide bonds. The highest BCUT2D eigenvalue weighted by atomic mass is 16.7. The molecule has 14 atom stereocenters. The van der Waals surface area contributed by atoms with Crippen molar-refractivity contribution in [2.45, 2.75) is 137 Å². The number of morpholine rings is 1. The molecule has 5 saturated carbocycles. The van der Waals surface area contributed by atoms with Crippen LogP contribution in [0.4, 0.5) is 4.79 Å². The molecule has 8 nitrogen and oxygen atoms in total. The Labute approximate surface area is 265 Å². The Hall–Kier alpha value is -0.930. The summed E-state index contributed by atoms with van der Waals surface area (Å²) >= 11 is 0. The largest absolute Gasteiger partial charge is 0.443 e. The summed E-state index contributed by atoms with van der Waals surface area (Å²) < 4.78 is 25.5. The predicted molar refractivity (Wildman–Crippen MR) is 168 cm³/mol. The molecule has 0 radical (unpaired) electrons. The highest BCUT2D eigenvalue weighted by Gasteiger charge is 2.84. The summed E-state index contributed by atoms with van der Waals surface area (Å²) in [7, 11) is 1.60. The molecule has 7 aliphatic rings. The van der Waals surface area contributed by atoms with E-state index < -0.39 is 12.2 Å². The van der Waals surface area contributed by atoms with Gasteiger partial charge in [-0.25, -0.2) is 4.79 Å². The highest BCUT2D eigenvalue weighted by molar-refractivity contribution is 5.66. The lowest BCUT2D eigenvalue weighted by molar-refractivity contribution is -0.237. The fraction of sp³-hybridized carbons (Fsp3) is 0.972. The van der Waals surface area contributed by atoms with Gasteiger partial charge in [0.25, 0.3) is 0 Å². The molecule has 7 fully saturated rings. The molecule has 0 aromatic heterocycles. The van der Waals surface area contributed by atoms with Crippen molar-refractivity contribution in [2.75, 3.05) is 26.7 Å². The van der Waals surface area contributed by atoms with Gasteiger partial charge in [-0.3, -0.25) is 0 Å². The summed E-state index contributed by atoms with van der Waals surface area (Å²) in [5, 5.41) is 18.6. The van der Waals surface area contributed by atoms with Gasteiger partial charge < -0.3 is 34.7 Å². The first kappa shape index (κ1) is 31.7. The van der Waals surface area contributed by atoms with E-state index in [-0.39, 0.29) is 52.9 Å². The molecule has 7 rings (SSSR count). The standard InChI is InChI=1S/C36H60N2O6/c1-20(2)28(44-31(40)37-8)22-17-21(3)27-29(42-22)30(39)34(7)24-10-9-23-32(4,5)25(43-26-18-38-15-16-41-26)11-12-35(23)19-36(24,35)14-13-33(27,34)6/h20-30,38-39H,9-19H2,1-8H3,(H,37,40)/t21-,22-,23+,24+,25?,26+,27+,28-,29+,30+,33-,34-,35-,36+/m1/s1. The summed E-state index contributed by atoms with van der Waals surface area (Å²) in [6.07, 6.45) is 7.73. The number of aliphatic hydroxyl groups is 1. The number of ether oxygens (including phenoxy) is 4. The molecule has 250 valence electrons. The molecule has 0 aromatic carbocycles. The number of alkyl carbamates (subject to hydrolysis) is 1. The monoisotopic (exact) mass is 616 g/mol. The van der Waals surface area contributed by atoms with Crippen LogP contribution in [-0.4, -0.2) is 74.8 Å². The minimum absolute atomic E-state index is 0.0180. The lowest BCUT2D eigenvalue weighted by atomic mass is 9.41. The number of carbonyl (C=O) groups excluding carboxylic acids is 1. The molecule has 0 bridgehead atoms. The van der Waals surface area contributed by atoms with Crippen LogP contribution in [-0.2, 0) is 18.9 Å².